The van der Waals surface area contributed by atoms with Crippen molar-refractivity contribution < 1.29 is 5.11 Å². The smallest absolute Gasteiger partial charge is 0.0840 e. The number of hydrogen-bond acceptors (Lipinski definition) is 4. The van der Waals surface area contributed by atoms with Crippen molar-refractivity contribution in [1.29, 1.82) is 0 Å². The zero-order valence-corrected chi connectivity index (χ0v) is 15.3. The zero-order valence-electron chi connectivity index (χ0n) is 15.3. The molecule has 2 heterocycles. The Kier molecular flexibility index (Phi) is 5.84. The molecule has 1 aromatic carbocycles. The minimum atomic E-state index is -0.771. The maximum Gasteiger partial charge on any atom is 0.0840 e. The standard InChI is InChI=1S/C21H29N3O/c1-21(2,25)19-7-5-17(6-8-19)15-23-20-9-12-24(13-10-20)16-18-4-3-11-22-14-18/h3-8,11,14,20,23,25H,9-10,12-13,15-16H2,1-2H3. The molecule has 0 radical (unpaired) electrons. The summed E-state index contributed by atoms with van der Waals surface area (Å²) in [5.41, 5.74) is 2.75. The first-order valence-corrected chi connectivity index (χ1v) is 9.17. The normalized spacial score (nSPS) is 16.9. The van der Waals surface area contributed by atoms with E-state index in [0.29, 0.717) is 6.04 Å². The van der Waals surface area contributed by atoms with E-state index < -0.39 is 5.60 Å². The van der Waals surface area contributed by atoms with Crippen molar-refractivity contribution in [3.05, 3.63) is 65.5 Å². The second-order valence-electron chi connectivity index (χ2n) is 7.55. The van der Waals surface area contributed by atoms with Crippen LogP contribution in [0.2, 0.25) is 0 Å². The number of piperidine rings is 1. The molecule has 0 bridgehead atoms. The third-order valence-corrected chi connectivity index (χ3v) is 4.97. The number of aromatic nitrogens is 1. The van der Waals surface area contributed by atoms with E-state index in [1.165, 1.54) is 24.0 Å². The molecule has 0 unspecified atom stereocenters. The second kappa shape index (κ2) is 8.09. The summed E-state index contributed by atoms with van der Waals surface area (Å²) in [5, 5.41) is 13.7. The Bertz CT molecular complexity index is 641. The molecular formula is C21H29N3O. The fourth-order valence-corrected chi connectivity index (χ4v) is 3.34. The quantitative estimate of drug-likeness (QED) is 0.849. The fourth-order valence-electron chi connectivity index (χ4n) is 3.34. The van der Waals surface area contributed by atoms with Crippen LogP contribution in [0.1, 0.15) is 43.4 Å². The van der Waals surface area contributed by atoms with Crippen molar-refractivity contribution >= 4 is 0 Å². The van der Waals surface area contributed by atoms with Crippen LogP contribution < -0.4 is 5.32 Å². The van der Waals surface area contributed by atoms with Crippen molar-refractivity contribution in [3.63, 3.8) is 0 Å². The molecule has 0 aliphatic carbocycles. The van der Waals surface area contributed by atoms with E-state index in [1.807, 2.05) is 44.4 Å². The van der Waals surface area contributed by atoms with Gasteiger partial charge in [-0.1, -0.05) is 30.3 Å². The Morgan fingerprint density at radius 2 is 1.84 bits per heavy atom. The second-order valence-corrected chi connectivity index (χ2v) is 7.55. The number of likely N-dealkylation sites (tertiary alicyclic amines) is 1. The first-order valence-electron chi connectivity index (χ1n) is 9.17. The van der Waals surface area contributed by atoms with Gasteiger partial charge in [-0.3, -0.25) is 9.88 Å². The Hall–Kier alpha value is -1.75. The van der Waals surface area contributed by atoms with Crippen LogP contribution in [0.5, 0.6) is 0 Å². The minimum Gasteiger partial charge on any atom is -0.386 e. The lowest BCUT2D eigenvalue weighted by Crippen LogP contribution is -2.41. The van der Waals surface area contributed by atoms with E-state index in [9.17, 15) is 5.11 Å². The maximum atomic E-state index is 10.0. The van der Waals surface area contributed by atoms with Gasteiger partial charge in [-0.05, 0) is 62.5 Å². The van der Waals surface area contributed by atoms with Crippen LogP contribution in [0, 0.1) is 0 Å². The first kappa shape index (κ1) is 18.1. The number of rotatable bonds is 6. The van der Waals surface area contributed by atoms with Crippen LogP contribution in [0.25, 0.3) is 0 Å². The summed E-state index contributed by atoms with van der Waals surface area (Å²) in [6.07, 6.45) is 6.15. The molecule has 0 amide bonds. The van der Waals surface area contributed by atoms with E-state index in [0.717, 1.165) is 31.7 Å². The van der Waals surface area contributed by atoms with Crippen LogP contribution in [-0.2, 0) is 18.7 Å². The van der Waals surface area contributed by atoms with Crippen LogP contribution in [0.15, 0.2) is 48.8 Å². The largest absolute Gasteiger partial charge is 0.386 e. The molecule has 1 saturated heterocycles. The number of nitrogens with zero attached hydrogens (tertiary/aromatic N) is 2. The van der Waals surface area contributed by atoms with Gasteiger partial charge in [0.05, 0.1) is 5.60 Å². The lowest BCUT2D eigenvalue weighted by atomic mass is 9.97. The van der Waals surface area contributed by atoms with Gasteiger partial charge in [-0.2, -0.15) is 0 Å². The summed E-state index contributed by atoms with van der Waals surface area (Å²) in [6, 6.07) is 13.0. The lowest BCUT2D eigenvalue weighted by Gasteiger charge is -2.32. The van der Waals surface area contributed by atoms with Crippen molar-refractivity contribution in [3.8, 4) is 0 Å². The number of hydrogen-bond donors (Lipinski definition) is 2. The summed E-state index contributed by atoms with van der Waals surface area (Å²) in [6.45, 7) is 7.78. The van der Waals surface area contributed by atoms with Gasteiger partial charge in [-0.25, -0.2) is 0 Å². The number of benzene rings is 1. The molecule has 4 nitrogen and oxygen atoms in total. The Balaban J connectivity index is 1.42. The molecule has 0 atom stereocenters. The SMILES string of the molecule is CC(C)(O)c1ccc(CNC2CCN(Cc3cccnc3)CC2)cc1. The van der Waals surface area contributed by atoms with Gasteiger partial charge >= 0.3 is 0 Å². The van der Waals surface area contributed by atoms with E-state index in [1.54, 1.807) is 0 Å². The third kappa shape index (κ3) is 5.36. The summed E-state index contributed by atoms with van der Waals surface area (Å²) >= 11 is 0. The predicted molar refractivity (Wildman–Crippen MR) is 101 cm³/mol. The van der Waals surface area contributed by atoms with Crippen LogP contribution in [-0.4, -0.2) is 34.1 Å². The van der Waals surface area contributed by atoms with Crippen LogP contribution in [0.4, 0.5) is 0 Å². The molecule has 1 aliphatic heterocycles. The monoisotopic (exact) mass is 339 g/mol. The highest BCUT2D eigenvalue weighted by atomic mass is 16.3. The average Bonchev–Trinajstić information content (AvgIpc) is 2.62. The van der Waals surface area contributed by atoms with Crippen LogP contribution >= 0.6 is 0 Å². The summed E-state index contributed by atoms with van der Waals surface area (Å²) in [5.74, 6) is 0. The van der Waals surface area contributed by atoms with E-state index in [2.05, 4.69) is 33.4 Å². The number of pyridine rings is 1. The highest BCUT2D eigenvalue weighted by molar-refractivity contribution is 5.26. The molecule has 4 heteroatoms. The highest BCUT2D eigenvalue weighted by Crippen LogP contribution is 2.20. The summed E-state index contributed by atoms with van der Waals surface area (Å²) in [7, 11) is 0. The van der Waals surface area contributed by atoms with Gasteiger partial charge in [0.1, 0.15) is 0 Å². The van der Waals surface area contributed by atoms with Gasteiger partial charge in [0, 0.05) is 31.5 Å². The first-order chi connectivity index (χ1) is 12.0. The zero-order chi connectivity index (χ0) is 17.7. The summed E-state index contributed by atoms with van der Waals surface area (Å²) in [4.78, 5) is 6.70. The molecule has 1 aromatic heterocycles. The highest BCUT2D eigenvalue weighted by Gasteiger charge is 2.19. The summed E-state index contributed by atoms with van der Waals surface area (Å²) < 4.78 is 0. The molecule has 2 aromatic rings. The molecular weight excluding hydrogens is 310 g/mol. The molecule has 2 N–H and O–H groups in total. The molecule has 3 rings (SSSR count). The number of nitrogens with one attached hydrogen (secondary N) is 1. The predicted octanol–water partition coefficient (Wildman–Crippen LogP) is 3.06. The Labute approximate surface area is 150 Å². The minimum absolute atomic E-state index is 0.583. The van der Waals surface area contributed by atoms with Crippen molar-refractivity contribution in [2.45, 2.75) is 51.4 Å². The van der Waals surface area contributed by atoms with Gasteiger partial charge in [0.2, 0.25) is 0 Å². The number of aliphatic hydroxyl groups is 1. The van der Waals surface area contributed by atoms with Gasteiger partial charge in [0.25, 0.3) is 0 Å². The Morgan fingerprint density at radius 1 is 1.12 bits per heavy atom. The molecule has 1 aliphatic rings. The maximum absolute atomic E-state index is 10.0. The van der Waals surface area contributed by atoms with Crippen LogP contribution in [0.3, 0.4) is 0 Å². The molecule has 134 valence electrons. The van der Waals surface area contributed by atoms with E-state index >= 15 is 0 Å². The molecule has 25 heavy (non-hydrogen) atoms. The van der Waals surface area contributed by atoms with Gasteiger partial charge in [0.15, 0.2) is 0 Å². The van der Waals surface area contributed by atoms with Gasteiger partial charge in [-0.15, -0.1) is 0 Å². The Morgan fingerprint density at radius 3 is 2.44 bits per heavy atom. The third-order valence-electron chi connectivity index (χ3n) is 4.97. The van der Waals surface area contributed by atoms with Gasteiger partial charge < -0.3 is 10.4 Å². The fraction of sp³-hybridized carbons (Fsp3) is 0.476. The molecule has 0 saturated carbocycles. The average molecular weight is 339 g/mol. The van der Waals surface area contributed by atoms with E-state index in [4.69, 9.17) is 0 Å². The molecule has 1 fully saturated rings. The lowest BCUT2D eigenvalue weighted by molar-refractivity contribution is 0.0786. The molecule has 0 spiro atoms. The van der Waals surface area contributed by atoms with Crippen molar-refractivity contribution in [2.24, 2.45) is 0 Å². The van der Waals surface area contributed by atoms with Crippen molar-refractivity contribution in [1.82, 2.24) is 15.2 Å². The van der Waals surface area contributed by atoms with Crippen molar-refractivity contribution in [2.75, 3.05) is 13.1 Å². The van der Waals surface area contributed by atoms with E-state index in [-0.39, 0.29) is 0 Å². The topological polar surface area (TPSA) is 48.4 Å².